The fraction of sp³-hybridized carbons (Fsp3) is 0.364. The number of carbonyl (C=O) groups excluding carboxylic acids is 1. The van der Waals surface area contributed by atoms with Crippen LogP contribution in [0.15, 0.2) is 47.5 Å². The number of hydrogen-bond donors (Lipinski definition) is 3. The maximum absolute atomic E-state index is 11.1. The van der Waals surface area contributed by atoms with E-state index < -0.39 is 5.91 Å². The van der Waals surface area contributed by atoms with Crippen molar-refractivity contribution in [2.24, 2.45) is 16.6 Å². The molecule has 0 radical (unpaired) electrons. The Morgan fingerprint density at radius 1 is 1.14 bits per heavy atom. The number of guanidine groups is 1. The van der Waals surface area contributed by atoms with Gasteiger partial charge in [-0.3, -0.25) is 9.79 Å². The summed E-state index contributed by atoms with van der Waals surface area (Å²) in [4.78, 5) is 15.4. The average Bonchev–Trinajstić information content (AvgIpc) is 3.52. The zero-order valence-electron chi connectivity index (χ0n) is 16.5. The van der Waals surface area contributed by atoms with Crippen LogP contribution in [0.3, 0.4) is 0 Å². The summed E-state index contributed by atoms with van der Waals surface area (Å²) in [7, 11) is 1.74. The van der Waals surface area contributed by atoms with Crippen molar-refractivity contribution < 1.29 is 9.53 Å². The Kier molecular flexibility index (Phi) is 6.53. The van der Waals surface area contributed by atoms with Crippen molar-refractivity contribution in [3.8, 4) is 5.75 Å². The number of primary amides is 1. The van der Waals surface area contributed by atoms with E-state index in [0.717, 1.165) is 29.4 Å². The fourth-order valence-electron chi connectivity index (χ4n) is 2.81. The third-order valence-corrected chi connectivity index (χ3v) is 4.76. The van der Waals surface area contributed by atoms with Gasteiger partial charge in [0.15, 0.2) is 5.96 Å². The number of ether oxygens (including phenoxy) is 1. The van der Waals surface area contributed by atoms with Gasteiger partial charge in [0.1, 0.15) is 5.75 Å². The summed E-state index contributed by atoms with van der Waals surface area (Å²) in [6, 6.07) is 13.5. The molecule has 4 N–H and O–H groups in total. The molecule has 6 heteroatoms. The van der Waals surface area contributed by atoms with Crippen LogP contribution in [-0.2, 0) is 13.1 Å². The first kappa shape index (κ1) is 19.7. The maximum atomic E-state index is 11.1. The van der Waals surface area contributed by atoms with Crippen LogP contribution in [-0.4, -0.2) is 25.5 Å². The number of nitrogens with zero attached hydrogens (tertiary/aromatic N) is 1. The molecule has 2 aromatic carbocycles. The molecule has 0 unspecified atom stereocenters. The first-order chi connectivity index (χ1) is 13.5. The van der Waals surface area contributed by atoms with Crippen LogP contribution in [0.5, 0.6) is 5.75 Å². The van der Waals surface area contributed by atoms with E-state index in [1.807, 2.05) is 12.1 Å². The molecule has 0 saturated heterocycles. The minimum absolute atomic E-state index is 0.421. The van der Waals surface area contributed by atoms with Crippen LogP contribution >= 0.6 is 0 Å². The molecule has 0 heterocycles. The molecule has 6 nitrogen and oxygen atoms in total. The minimum Gasteiger partial charge on any atom is -0.493 e. The highest BCUT2D eigenvalue weighted by Gasteiger charge is 2.22. The Morgan fingerprint density at radius 2 is 1.86 bits per heavy atom. The topological polar surface area (TPSA) is 88.7 Å². The van der Waals surface area contributed by atoms with Gasteiger partial charge in [-0.25, -0.2) is 0 Å². The summed E-state index contributed by atoms with van der Waals surface area (Å²) in [6.07, 6.45) is 2.55. The lowest BCUT2D eigenvalue weighted by Gasteiger charge is -2.15. The molecule has 0 aliphatic heterocycles. The van der Waals surface area contributed by atoms with E-state index in [0.29, 0.717) is 24.6 Å². The van der Waals surface area contributed by atoms with Crippen LogP contribution in [0.4, 0.5) is 0 Å². The summed E-state index contributed by atoms with van der Waals surface area (Å²) < 4.78 is 6.03. The third kappa shape index (κ3) is 5.74. The standard InChI is InChI=1S/C22H28N4O2/c1-15-3-8-19(20(11-15)28-14-17-4-5-17)13-26-22(24-2)25-12-16-6-9-18(10-7-16)21(23)27/h3,6-11,17H,4-5,12-14H2,1-2H3,(H2,23,27)(H2,24,25,26). The van der Waals surface area contributed by atoms with Gasteiger partial charge < -0.3 is 21.1 Å². The Balaban J connectivity index is 1.54. The van der Waals surface area contributed by atoms with E-state index >= 15 is 0 Å². The number of nitrogens with one attached hydrogen (secondary N) is 2. The second-order valence-corrected chi connectivity index (χ2v) is 7.21. The number of amides is 1. The molecule has 1 amide bonds. The van der Waals surface area contributed by atoms with Gasteiger partial charge in [-0.05, 0) is 55.0 Å². The van der Waals surface area contributed by atoms with Crippen LogP contribution in [0, 0.1) is 12.8 Å². The van der Waals surface area contributed by atoms with Gasteiger partial charge in [-0.2, -0.15) is 0 Å². The number of nitrogens with two attached hydrogens (primary N) is 1. The van der Waals surface area contributed by atoms with Crippen molar-refractivity contribution in [1.29, 1.82) is 0 Å². The Labute approximate surface area is 166 Å². The lowest BCUT2D eigenvalue weighted by Crippen LogP contribution is -2.36. The molecule has 1 saturated carbocycles. The summed E-state index contributed by atoms with van der Waals surface area (Å²) in [5.74, 6) is 1.94. The first-order valence-corrected chi connectivity index (χ1v) is 9.60. The molecular weight excluding hydrogens is 352 g/mol. The lowest BCUT2D eigenvalue weighted by atomic mass is 10.1. The van der Waals surface area contributed by atoms with Gasteiger partial charge in [-0.15, -0.1) is 0 Å². The monoisotopic (exact) mass is 380 g/mol. The van der Waals surface area contributed by atoms with Gasteiger partial charge in [0.05, 0.1) is 6.61 Å². The quantitative estimate of drug-likeness (QED) is 0.485. The molecule has 2 aromatic rings. The molecule has 0 spiro atoms. The molecule has 3 rings (SSSR count). The molecular formula is C22H28N4O2. The van der Waals surface area contributed by atoms with Crippen LogP contribution < -0.4 is 21.1 Å². The first-order valence-electron chi connectivity index (χ1n) is 9.60. The molecule has 0 bridgehead atoms. The Morgan fingerprint density at radius 3 is 2.50 bits per heavy atom. The van der Waals surface area contributed by atoms with E-state index in [2.05, 4.69) is 40.7 Å². The summed E-state index contributed by atoms with van der Waals surface area (Å²) in [6.45, 7) is 4.09. The molecule has 148 valence electrons. The van der Waals surface area contributed by atoms with Crippen LogP contribution in [0.25, 0.3) is 0 Å². The van der Waals surface area contributed by atoms with Gasteiger partial charge in [-0.1, -0.05) is 24.3 Å². The van der Waals surface area contributed by atoms with E-state index in [4.69, 9.17) is 10.5 Å². The number of benzene rings is 2. The highest BCUT2D eigenvalue weighted by atomic mass is 16.5. The normalized spacial score (nSPS) is 13.9. The molecule has 1 fully saturated rings. The average molecular weight is 380 g/mol. The molecule has 1 aliphatic rings. The second-order valence-electron chi connectivity index (χ2n) is 7.21. The van der Waals surface area contributed by atoms with Gasteiger partial charge in [0.2, 0.25) is 5.91 Å². The molecule has 0 atom stereocenters. The third-order valence-electron chi connectivity index (χ3n) is 4.76. The highest BCUT2D eigenvalue weighted by Crippen LogP contribution is 2.30. The molecule has 1 aliphatic carbocycles. The highest BCUT2D eigenvalue weighted by molar-refractivity contribution is 5.92. The number of aryl methyl sites for hydroxylation is 1. The van der Waals surface area contributed by atoms with Crippen LogP contribution in [0.1, 0.15) is 39.9 Å². The zero-order valence-corrected chi connectivity index (χ0v) is 16.5. The predicted molar refractivity (Wildman–Crippen MR) is 111 cm³/mol. The van der Waals surface area contributed by atoms with Gasteiger partial charge in [0.25, 0.3) is 0 Å². The van der Waals surface area contributed by atoms with Crippen molar-refractivity contribution in [1.82, 2.24) is 10.6 Å². The maximum Gasteiger partial charge on any atom is 0.248 e. The number of carbonyl (C=O) groups is 1. The van der Waals surface area contributed by atoms with E-state index in [9.17, 15) is 4.79 Å². The summed E-state index contributed by atoms with van der Waals surface area (Å²) >= 11 is 0. The van der Waals surface area contributed by atoms with E-state index in [1.54, 1.807) is 19.2 Å². The fourth-order valence-corrected chi connectivity index (χ4v) is 2.81. The lowest BCUT2D eigenvalue weighted by molar-refractivity contribution is 0.100. The van der Waals surface area contributed by atoms with E-state index in [1.165, 1.54) is 18.4 Å². The van der Waals surface area contributed by atoms with Crippen molar-refractivity contribution in [3.05, 3.63) is 64.7 Å². The van der Waals surface area contributed by atoms with Crippen molar-refractivity contribution in [2.75, 3.05) is 13.7 Å². The van der Waals surface area contributed by atoms with Crippen molar-refractivity contribution in [2.45, 2.75) is 32.9 Å². The Hall–Kier alpha value is -3.02. The van der Waals surface area contributed by atoms with E-state index in [-0.39, 0.29) is 0 Å². The Bertz CT molecular complexity index is 842. The number of hydrogen-bond acceptors (Lipinski definition) is 3. The minimum atomic E-state index is -0.421. The predicted octanol–water partition coefficient (Wildman–Crippen LogP) is 2.75. The molecule has 0 aromatic heterocycles. The van der Waals surface area contributed by atoms with Crippen molar-refractivity contribution in [3.63, 3.8) is 0 Å². The summed E-state index contributed by atoms with van der Waals surface area (Å²) in [5.41, 5.74) is 9.12. The van der Waals surface area contributed by atoms with Crippen molar-refractivity contribution >= 4 is 11.9 Å². The molecule has 28 heavy (non-hydrogen) atoms. The van der Waals surface area contributed by atoms with Gasteiger partial charge in [0, 0.05) is 31.3 Å². The second kappa shape index (κ2) is 9.26. The zero-order chi connectivity index (χ0) is 19.9. The van der Waals surface area contributed by atoms with Gasteiger partial charge >= 0.3 is 0 Å². The number of rotatable bonds is 8. The smallest absolute Gasteiger partial charge is 0.248 e. The number of aliphatic imine (C=N–C) groups is 1. The summed E-state index contributed by atoms with van der Waals surface area (Å²) in [5, 5.41) is 6.61. The SMILES string of the molecule is CN=C(NCc1ccc(C(N)=O)cc1)NCc1ccc(C)cc1OCC1CC1. The largest absolute Gasteiger partial charge is 0.493 e. The van der Waals surface area contributed by atoms with Crippen LogP contribution in [0.2, 0.25) is 0 Å².